The monoisotopic (exact) mass is 460 g/mol. The molecule has 8 heteroatoms. The Morgan fingerprint density at radius 1 is 1.31 bits per heavy atom. The van der Waals surface area contributed by atoms with Gasteiger partial charge in [0.2, 0.25) is 0 Å². The number of hydrogen-bond acceptors (Lipinski definition) is 3. The van der Waals surface area contributed by atoms with E-state index in [9.17, 15) is 13.6 Å². The number of amides is 1. The fourth-order valence-corrected chi connectivity index (χ4v) is 4.93. The van der Waals surface area contributed by atoms with E-state index in [0.717, 1.165) is 10.1 Å². The van der Waals surface area contributed by atoms with Gasteiger partial charge in [-0.25, -0.2) is 0 Å². The Morgan fingerprint density at radius 3 is 2.93 bits per heavy atom. The number of hydrogen-bond donors (Lipinski definition) is 1. The normalized spacial score (nSPS) is 13.8. The van der Waals surface area contributed by atoms with Gasteiger partial charge in [0, 0.05) is 0 Å². The minimum atomic E-state index is -0.485. The van der Waals surface area contributed by atoms with Crippen molar-refractivity contribution >= 4 is 25.1 Å². The quantitative estimate of drug-likeness (QED) is 0.596. The van der Waals surface area contributed by atoms with Gasteiger partial charge in [-0.05, 0) is 0 Å². The van der Waals surface area contributed by atoms with E-state index in [0.29, 0.717) is 27.9 Å². The van der Waals surface area contributed by atoms with Gasteiger partial charge in [-0.15, -0.1) is 0 Å². The van der Waals surface area contributed by atoms with Crippen molar-refractivity contribution in [3.05, 3.63) is 65.4 Å². The molecule has 1 aromatic carbocycles. The van der Waals surface area contributed by atoms with Crippen LogP contribution in [0.4, 0.5) is 13.5 Å². The number of anilines is 1. The maximum absolute atomic E-state index is 14.4. The van der Waals surface area contributed by atoms with Crippen LogP contribution < -0.4 is 5.32 Å². The van der Waals surface area contributed by atoms with Crippen molar-refractivity contribution in [3.8, 4) is 21.4 Å². The molecule has 0 atom stereocenters. The first kappa shape index (κ1) is 19.5. The van der Waals surface area contributed by atoms with Gasteiger partial charge in [0.1, 0.15) is 0 Å². The number of nitrogens with zero attached hydrogens (tertiary/aromatic N) is 3. The topological polar surface area (TPSA) is 59.8 Å². The number of rotatable bonds is 4. The molecule has 0 saturated carbocycles. The second-order valence-electron chi connectivity index (χ2n) is 6.72. The zero-order chi connectivity index (χ0) is 20.5. The summed E-state index contributed by atoms with van der Waals surface area (Å²) < 4.78 is 31.4. The van der Waals surface area contributed by atoms with Crippen molar-refractivity contribution in [2.45, 2.75) is 19.8 Å². The number of aryl methyl sites for hydroxylation is 2. The molecule has 3 aromatic rings. The van der Waals surface area contributed by atoms with Crippen LogP contribution in [-0.2, 0) is 11.8 Å². The summed E-state index contributed by atoms with van der Waals surface area (Å²) in [7, 11) is 1.78. The number of allylic oxidation sites excluding steroid dienone is 2. The van der Waals surface area contributed by atoms with Gasteiger partial charge in [0.15, 0.2) is 0 Å². The van der Waals surface area contributed by atoms with E-state index in [1.54, 1.807) is 49.1 Å². The maximum atomic E-state index is 14.4. The fourth-order valence-electron chi connectivity index (χ4n) is 3.12. The van der Waals surface area contributed by atoms with Crippen LogP contribution in [0.25, 0.3) is 21.4 Å². The van der Waals surface area contributed by atoms with Crippen LogP contribution in [0.15, 0.2) is 54.0 Å². The summed E-state index contributed by atoms with van der Waals surface area (Å²) in [6, 6.07) is 7.03. The zero-order valence-electron chi connectivity index (χ0n) is 15.9. The molecule has 2 heterocycles. The van der Waals surface area contributed by atoms with Crippen LogP contribution in [0.5, 0.6) is 0 Å². The van der Waals surface area contributed by atoms with Gasteiger partial charge in [0.05, 0.1) is 0 Å². The molecule has 29 heavy (non-hydrogen) atoms. The standard InChI is InChI=1S/C21H18F2N4OSe/c1-12-6-5-8-14(19(12)23)16-10-17(27(2)26-16)18-11-24-21(29-18)25-20(28)13-7-3-4-9-15(13)22/h3,5-8,10-11H,4,9H2,1-2H3,(H,24,25,28). The molecule has 1 N–H and O–H groups in total. The summed E-state index contributed by atoms with van der Waals surface area (Å²) >= 11 is -0.276. The molecule has 0 saturated heterocycles. The molecule has 0 fully saturated rings. The van der Waals surface area contributed by atoms with Crippen LogP contribution in [-0.4, -0.2) is 35.2 Å². The predicted octanol–water partition coefficient (Wildman–Crippen LogP) is 4.17. The van der Waals surface area contributed by atoms with Gasteiger partial charge >= 0.3 is 172 Å². The summed E-state index contributed by atoms with van der Waals surface area (Å²) in [5, 5.41) is 7.14. The molecule has 0 bridgehead atoms. The number of halogens is 2. The SMILES string of the molecule is Cc1cccc(-c2cc(-c3cnc(NC(=O)C4=C(F)CCC=C4)[se]3)n(C)n2)c1F. The summed E-state index contributed by atoms with van der Waals surface area (Å²) in [6.07, 6.45) is 5.81. The first-order valence-corrected chi connectivity index (χ1v) is 10.8. The van der Waals surface area contributed by atoms with Gasteiger partial charge in [-0.3, -0.25) is 0 Å². The van der Waals surface area contributed by atoms with Crippen LogP contribution in [0.2, 0.25) is 0 Å². The molecule has 0 spiro atoms. The van der Waals surface area contributed by atoms with Crippen molar-refractivity contribution in [2.24, 2.45) is 7.05 Å². The van der Waals surface area contributed by atoms with Crippen molar-refractivity contribution < 1.29 is 13.6 Å². The van der Waals surface area contributed by atoms with Crippen LogP contribution in [0.3, 0.4) is 0 Å². The molecule has 148 valence electrons. The molecule has 0 aliphatic heterocycles. The average molecular weight is 459 g/mol. The van der Waals surface area contributed by atoms with E-state index in [1.807, 2.05) is 6.07 Å². The Labute approximate surface area is 172 Å². The molecule has 1 aliphatic rings. The van der Waals surface area contributed by atoms with E-state index in [2.05, 4.69) is 15.4 Å². The van der Waals surface area contributed by atoms with E-state index in [4.69, 9.17) is 0 Å². The number of benzene rings is 1. The third kappa shape index (κ3) is 3.86. The van der Waals surface area contributed by atoms with Crippen LogP contribution in [0.1, 0.15) is 18.4 Å². The molecule has 5 nitrogen and oxygen atoms in total. The summed E-state index contributed by atoms with van der Waals surface area (Å²) in [4.78, 5) is 16.6. The van der Waals surface area contributed by atoms with Crippen molar-refractivity contribution in [1.82, 2.24) is 14.8 Å². The molecule has 4 rings (SSSR count). The Kier molecular flexibility index (Phi) is 5.30. The second kappa shape index (κ2) is 7.89. The average Bonchev–Trinajstić information content (AvgIpc) is 3.30. The summed E-state index contributed by atoms with van der Waals surface area (Å²) in [5.41, 5.74) is 2.40. The van der Waals surface area contributed by atoms with Crippen molar-refractivity contribution in [2.75, 3.05) is 5.32 Å². The first-order valence-electron chi connectivity index (χ1n) is 9.06. The Balaban J connectivity index is 1.59. The van der Waals surface area contributed by atoms with E-state index < -0.39 is 11.7 Å². The zero-order valence-corrected chi connectivity index (χ0v) is 17.6. The van der Waals surface area contributed by atoms with Crippen LogP contribution >= 0.6 is 0 Å². The molecule has 1 amide bonds. The number of aromatic nitrogens is 3. The van der Waals surface area contributed by atoms with Gasteiger partial charge in [0.25, 0.3) is 0 Å². The number of carbonyl (C=O) groups excluding carboxylic acids is 1. The molecule has 1 aliphatic carbocycles. The van der Waals surface area contributed by atoms with Gasteiger partial charge in [-0.2, -0.15) is 0 Å². The Bertz CT molecular complexity index is 1160. The van der Waals surface area contributed by atoms with Crippen LogP contribution in [0, 0.1) is 12.7 Å². The molecule has 0 radical (unpaired) electrons. The first-order chi connectivity index (χ1) is 13.9. The van der Waals surface area contributed by atoms with E-state index >= 15 is 0 Å². The summed E-state index contributed by atoms with van der Waals surface area (Å²) in [6.45, 7) is 1.72. The molecule has 0 unspecified atom stereocenters. The number of carbonyl (C=O) groups is 1. The van der Waals surface area contributed by atoms with Gasteiger partial charge < -0.3 is 0 Å². The molecule has 2 aromatic heterocycles. The van der Waals surface area contributed by atoms with Gasteiger partial charge in [-0.1, -0.05) is 0 Å². The third-order valence-electron chi connectivity index (χ3n) is 4.68. The van der Waals surface area contributed by atoms with E-state index in [1.165, 1.54) is 6.08 Å². The molecular weight excluding hydrogens is 441 g/mol. The second-order valence-corrected chi connectivity index (χ2v) is 8.88. The van der Waals surface area contributed by atoms with Crippen molar-refractivity contribution in [3.63, 3.8) is 0 Å². The number of nitrogens with one attached hydrogen (secondary N) is 1. The van der Waals surface area contributed by atoms with E-state index in [-0.39, 0.29) is 32.3 Å². The fraction of sp³-hybridized carbons (Fsp3) is 0.190. The van der Waals surface area contributed by atoms with Crippen molar-refractivity contribution in [1.29, 1.82) is 0 Å². The predicted molar refractivity (Wildman–Crippen MR) is 109 cm³/mol. The Hall–Kier alpha value is -2.83. The summed E-state index contributed by atoms with van der Waals surface area (Å²) in [5.74, 6) is -1.18. The Morgan fingerprint density at radius 2 is 2.14 bits per heavy atom. The minimum absolute atomic E-state index is 0.0564. The third-order valence-corrected chi connectivity index (χ3v) is 6.64. The molecular formula is C21H18F2N4OSe.